The molecule has 0 saturated heterocycles. The van der Waals surface area contributed by atoms with Crippen molar-refractivity contribution in [2.75, 3.05) is 5.32 Å². The van der Waals surface area contributed by atoms with Crippen LogP contribution in [-0.2, 0) is 9.59 Å². The van der Waals surface area contributed by atoms with Crippen LogP contribution in [0.1, 0.15) is 39.2 Å². The standard InChI is InChI=1S/C12H18N4O4/c1-8(2)16-9(6-7-13-16)14-12(20)15-10(17)4-3-5-11(18)19/h6-8H,3-5H2,1-2H3,(H,18,19)(H2,14,15,17,20). The monoisotopic (exact) mass is 282 g/mol. The molecule has 0 fully saturated rings. The predicted octanol–water partition coefficient (Wildman–Crippen LogP) is 1.37. The number of carboxylic acid groups (broad SMARTS) is 1. The van der Waals surface area contributed by atoms with Crippen LogP contribution < -0.4 is 10.6 Å². The van der Waals surface area contributed by atoms with E-state index in [0.717, 1.165) is 0 Å². The molecule has 0 atom stereocenters. The number of carbonyl (C=O) groups excluding carboxylic acids is 2. The number of urea groups is 1. The minimum absolute atomic E-state index is 0.0108. The zero-order valence-electron chi connectivity index (χ0n) is 11.4. The van der Waals surface area contributed by atoms with Crippen molar-refractivity contribution in [2.24, 2.45) is 0 Å². The van der Waals surface area contributed by atoms with E-state index in [1.54, 1.807) is 16.9 Å². The Labute approximate surface area is 116 Å². The van der Waals surface area contributed by atoms with Crippen molar-refractivity contribution in [1.29, 1.82) is 0 Å². The van der Waals surface area contributed by atoms with Gasteiger partial charge in [0.25, 0.3) is 0 Å². The maximum Gasteiger partial charge on any atom is 0.327 e. The number of carbonyl (C=O) groups is 3. The normalized spacial score (nSPS) is 10.3. The third-order valence-corrected chi connectivity index (χ3v) is 2.45. The van der Waals surface area contributed by atoms with Gasteiger partial charge in [0.15, 0.2) is 0 Å². The lowest BCUT2D eigenvalue weighted by atomic mass is 10.2. The fraction of sp³-hybridized carbons (Fsp3) is 0.500. The van der Waals surface area contributed by atoms with Crippen molar-refractivity contribution in [2.45, 2.75) is 39.2 Å². The second kappa shape index (κ2) is 7.27. The summed E-state index contributed by atoms with van der Waals surface area (Å²) in [5, 5.41) is 17.1. The highest BCUT2D eigenvalue weighted by molar-refractivity contribution is 6.00. The van der Waals surface area contributed by atoms with Gasteiger partial charge in [0.1, 0.15) is 5.82 Å². The molecule has 1 aromatic heterocycles. The van der Waals surface area contributed by atoms with Crippen LogP contribution in [0.25, 0.3) is 0 Å². The molecule has 0 aromatic carbocycles. The highest BCUT2D eigenvalue weighted by atomic mass is 16.4. The van der Waals surface area contributed by atoms with Crippen LogP contribution in [-0.4, -0.2) is 32.8 Å². The first kappa shape index (κ1) is 15.7. The van der Waals surface area contributed by atoms with E-state index >= 15 is 0 Å². The Balaban J connectivity index is 2.41. The molecular formula is C12H18N4O4. The summed E-state index contributed by atoms with van der Waals surface area (Å²) >= 11 is 0. The van der Waals surface area contributed by atoms with Gasteiger partial charge in [-0.15, -0.1) is 0 Å². The molecule has 110 valence electrons. The third kappa shape index (κ3) is 5.09. The number of aromatic nitrogens is 2. The van der Waals surface area contributed by atoms with Crippen molar-refractivity contribution < 1.29 is 19.5 Å². The summed E-state index contributed by atoms with van der Waals surface area (Å²) in [5.74, 6) is -1.00. The van der Waals surface area contributed by atoms with Crippen molar-refractivity contribution >= 4 is 23.7 Å². The average Bonchev–Trinajstić information content (AvgIpc) is 2.76. The van der Waals surface area contributed by atoms with E-state index in [0.29, 0.717) is 5.82 Å². The molecule has 8 nitrogen and oxygen atoms in total. The fourth-order valence-electron chi connectivity index (χ4n) is 1.56. The van der Waals surface area contributed by atoms with Crippen LogP contribution >= 0.6 is 0 Å². The Morgan fingerprint density at radius 2 is 2.05 bits per heavy atom. The number of rotatable bonds is 6. The number of nitrogens with zero attached hydrogens (tertiary/aromatic N) is 2. The largest absolute Gasteiger partial charge is 0.481 e. The SMILES string of the molecule is CC(C)n1nccc1NC(=O)NC(=O)CCCC(=O)O. The van der Waals surface area contributed by atoms with E-state index in [2.05, 4.69) is 15.7 Å². The zero-order chi connectivity index (χ0) is 15.1. The van der Waals surface area contributed by atoms with Gasteiger partial charge in [-0.3, -0.25) is 20.2 Å². The van der Waals surface area contributed by atoms with Crippen LogP contribution in [0.2, 0.25) is 0 Å². The number of imide groups is 1. The third-order valence-electron chi connectivity index (χ3n) is 2.45. The van der Waals surface area contributed by atoms with E-state index < -0.39 is 17.9 Å². The first-order valence-corrected chi connectivity index (χ1v) is 6.26. The predicted molar refractivity (Wildman–Crippen MR) is 71.3 cm³/mol. The molecule has 0 saturated carbocycles. The van der Waals surface area contributed by atoms with E-state index in [4.69, 9.17) is 5.11 Å². The molecule has 0 radical (unpaired) electrons. The molecule has 20 heavy (non-hydrogen) atoms. The summed E-state index contributed by atoms with van der Waals surface area (Å²) in [7, 11) is 0. The summed E-state index contributed by atoms with van der Waals surface area (Å²) in [6.07, 6.45) is 1.63. The molecule has 0 spiro atoms. The Kier molecular flexibility index (Phi) is 5.70. The highest BCUT2D eigenvalue weighted by Crippen LogP contribution is 2.12. The van der Waals surface area contributed by atoms with Crippen LogP contribution in [0, 0.1) is 0 Å². The smallest absolute Gasteiger partial charge is 0.327 e. The number of aliphatic carboxylic acids is 1. The minimum Gasteiger partial charge on any atom is -0.481 e. The lowest BCUT2D eigenvalue weighted by molar-refractivity contribution is -0.137. The quantitative estimate of drug-likeness (QED) is 0.729. The number of anilines is 1. The van der Waals surface area contributed by atoms with Gasteiger partial charge in [0.2, 0.25) is 5.91 Å². The van der Waals surface area contributed by atoms with Gasteiger partial charge >= 0.3 is 12.0 Å². The van der Waals surface area contributed by atoms with Gasteiger partial charge in [-0.1, -0.05) is 0 Å². The molecule has 0 unspecified atom stereocenters. The molecule has 0 aliphatic rings. The molecule has 1 aromatic rings. The van der Waals surface area contributed by atoms with Crippen LogP contribution in [0.15, 0.2) is 12.3 Å². The summed E-state index contributed by atoms with van der Waals surface area (Å²) < 4.78 is 1.61. The van der Waals surface area contributed by atoms with Gasteiger partial charge in [0.05, 0.1) is 6.20 Å². The van der Waals surface area contributed by atoms with E-state index in [9.17, 15) is 14.4 Å². The number of carboxylic acids is 1. The van der Waals surface area contributed by atoms with Crippen molar-refractivity contribution in [3.8, 4) is 0 Å². The lowest BCUT2D eigenvalue weighted by Crippen LogP contribution is -2.35. The number of amides is 3. The molecule has 1 heterocycles. The zero-order valence-corrected chi connectivity index (χ0v) is 11.4. The summed E-state index contributed by atoms with van der Waals surface area (Å²) in [6.45, 7) is 3.82. The number of nitrogens with one attached hydrogen (secondary N) is 2. The Morgan fingerprint density at radius 3 is 2.65 bits per heavy atom. The summed E-state index contributed by atoms with van der Waals surface area (Å²) in [5.41, 5.74) is 0. The molecule has 3 N–H and O–H groups in total. The first-order valence-electron chi connectivity index (χ1n) is 6.26. The fourth-order valence-corrected chi connectivity index (χ4v) is 1.56. The van der Waals surface area contributed by atoms with Crippen LogP contribution in [0.5, 0.6) is 0 Å². The van der Waals surface area contributed by atoms with Gasteiger partial charge < -0.3 is 5.11 Å². The summed E-state index contributed by atoms with van der Waals surface area (Å²) in [4.78, 5) is 33.3. The Bertz CT molecular complexity index is 495. The van der Waals surface area contributed by atoms with E-state index in [-0.39, 0.29) is 25.3 Å². The van der Waals surface area contributed by atoms with E-state index in [1.807, 2.05) is 13.8 Å². The lowest BCUT2D eigenvalue weighted by Gasteiger charge is -2.11. The topological polar surface area (TPSA) is 113 Å². The first-order chi connectivity index (χ1) is 9.40. The Morgan fingerprint density at radius 1 is 1.35 bits per heavy atom. The van der Waals surface area contributed by atoms with Gasteiger partial charge in [-0.2, -0.15) is 5.10 Å². The van der Waals surface area contributed by atoms with Crippen molar-refractivity contribution in [1.82, 2.24) is 15.1 Å². The maximum absolute atomic E-state index is 11.6. The van der Waals surface area contributed by atoms with Gasteiger partial charge in [-0.25, -0.2) is 9.48 Å². The molecule has 0 aliphatic carbocycles. The molecule has 8 heteroatoms. The number of hydrogen-bond donors (Lipinski definition) is 3. The van der Waals surface area contributed by atoms with Crippen LogP contribution in [0.3, 0.4) is 0 Å². The Hall–Kier alpha value is -2.38. The molecule has 0 aliphatic heterocycles. The molecular weight excluding hydrogens is 264 g/mol. The molecule has 0 bridgehead atoms. The minimum atomic E-state index is -0.969. The van der Waals surface area contributed by atoms with E-state index in [1.165, 1.54) is 0 Å². The number of hydrogen-bond acceptors (Lipinski definition) is 4. The highest BCUT2D eigenvalue weighted by Gasteiger charge is 2.12. The molecule has 3 amide bonds. The van der Waals surface area contributed by atoms with Gasteiger partial charge in [-0.05, 0) is 20.3 Å². The average molecular weight is 282 g/mol. The van der Waals surface area contributed by atoms with Crippen molar-refractivity contribution in [3.05, 3.63) is 12.3 Å². The van der Waals surface area contributed by atoms with Gasteiger partial charge in [0, 0.05) is 24.9 Å². The second-order valence-corrected chi connectivity index (χ2v) is 4.50. The van der Waals surface area contributed by atoms with Crippen molar-refractivity contribution in [3.63, 3.8) is 0 Å². The second-order valence-electron chi connectivity index (χ2n) is 4.50. The summed E-state index contributed by atoms with van der Waals surface area (Å²) in [6, 6.07) is 1.04. The molecule has 1 rings (SSSR count). The van der Waals surface area contributed by atoms with Crippen LogP contribution in [0.4, 0.5) is 10.6 Å². The maximum atomic E-state index is 11.6.